The third-order valence-electron chi connectivity index (χ3n) is 5.23. The number of carbonyl (C=O) groups excluding carboxylic acids is 1. The number of benzene rings is 2. The van der Waals surface area contributed by atoms with Gasteiger partial charge < -0.3 is 10.1 Å². The molecule has 2 aromatic heterocycles. The average molecular weight is 474 g/mol. The SMILES string of the molecule is CCOc1ccc(-n2c(SCC(=O)Nc3c(C)cc(C)cc3C)nnc2-c2cccnc2)cc1. The summed E-state index contributed by atoms with van der Waals surface area (Å²) in [7, 11) is 0. The Balaban J connectivity index is 1.59. The second kappa shape index (κ2) is 10.5. The molecule has 2 aromatic carbocycles. The lowest BCUT2D eigenvalue weighted by Crippen LogP contribution is -2.16. The van der Waals surface area contributed by atoms with E-state index >= 15 is 0 Å². The van der Waals surface area contributed by atoms with Crippen LogP contribution in [0.4, 0.5) is 5.69 Å². The van der Waals surface area contributed by atoms with E-state index in [1.54, 1.807) is 12.4 Å². The van der Waals surface area contributed by atoms with Gasteiger partial charge in [0.05, 0.1) is 12.4 Å². The fourth-order valence-corrected chi connectivity index (χ4v) is 4.57. The summed E-state index contributed by atoms with van der Waals surface area (Å²) < 4.78 is 7.51. The number of nitrogens with zero attached hydrogens (tertiary/aromatic N) is 4. The van der Waals surface area contributed by atoms with E-state index < -0.39 is 0 Å². The molecule has 0 aliphatic rings. The quantitative estimate of drug-likeness (QED) is 0.346. The number of amides is 1. The molecule has 0 aliphatic heterocycles. The maximum Gasteiger partial charge on any atom is 0.234 e. The fraction of sp³-hybridized carbons (Fsp3) is 0.231. The molecule has 174 valence electrons. The molecule has 0 fully saturated rings. The summed E-state index contributed by atoms with van der Waals surface area (Å²) in [5.41, 5.74) is 5.85. The van der Waals surface area contributed by atoms with E-state index in [-0.39, 0.29) is 11.7 Å². The minimum Gasteiger partial charge on any atom is -0.494 e. The maximum absolute atomic E-state index is 12.8. The Hall–Kier alpha value is -3.65. The van der Waals surface area contributed by atoms with Gasteiger partial charge in [0.25, 0.3) is 0 Å². The topological polar surface area (TPSA) is 81.9 Å². The summed E-state index contributed by atoms with van der Waals surface area (Å²) >= 11 is 1.34. The van der Waals surface area contributed by atoms with Crippen molar-refractivity contribution in [2.45, 2.75) is 32.9 Å². The van der Waals surface area contributed by atoms with Crippen LogP contribution in [0.2, 0.25) is 0 Å². The zero-order valence-corrected chi connectivity index (χ0v) is 20.5. The Morgan fingerprint density at radius 1 is 1.06 bits per heavy atom. The van der Waals surface area contributed by atoms with E-state index in [0.29, 0.717) is 17.6 Å². The summed E-state index contributed by atoms with van der Waals surface area (Å²) in [6, 6.07) is 15.7. The van der Waals surface area contributed by atoms with Gasteiger partial charge in [-0.1, -0.05) is 29.5 Å². The molecule has 7 nitrogen and oxygen atoms in total. The minimum absolute atomic E-state index is 0.0933. The minimum atomic E-state index is -0.0933. The van der Waals surface area contributed by atoms with Gasteiger partial charge in [0.15, 0.2) is 11.0 Å². The molecule has 4 aromatic rings. The van der Waals surface area contributed by atoms with Gasteiger partial charge >= 0.3 is 0 Å². The van der Waals surface area contributed by atoms with E-state index in [1.165, 1.54) is 17.3 Å². The maximum atomic E-state index is 12.8. The van der Waals surface area contributed by atoms with Crippen LogP contribution in [0.15, 0.2) is 66.1 Å². The first-order valence-electron chi connectivity index (χ1n) is 11.1. The summed E-state index contributed by atoms with van der Waals surface area (Å²) in [5.74, 6) is 1.56. The molecule has 8 heteroatoms. The van der Waals surface area contributed by atoms with Crippen LogP contribution in [-0.4, -0.2) is 38.0 Å². The van der Waals surface area contributed by atoms with Gasteiger partial charge in [-0.2, -0.15) is 0 Å². The van der Waals surface area contributed by atoms with Gasteiger partial charge in [0.1, 0.15) is 5.75 Å². The second-order valence-corrected chi connectivity index (χ2v) is 8.86. The molecule has 1 amide bonds. The third-order valence-corrected chi connectivity index (χ3v) is 6.16. The largest absolute Gasteiger partial charge is 0.494 e. The van der Waals surface area contributed by atoms with Crippen LogP contribution in [-0.2, 0) is 4.79 Å². The lowest BCUT2D eigenvalue weighted by molar-refractivity contribution is -0.113. The van der Waals surface area contributed by atoms with Crippen LogP contribution in [0.1, 0.15) is 23.6 Å². The highest BCUT2D eigenvalue weighted by Gasteiger charge is 2.18. The summed E-state index contributed by atoms with van der Waals surface area (Å²) in [6.45, 7) is 8.61. The number of thioether (sulfide) groups is 1. The van der Waals surface area contributed by atoms with Crippen LogP contribution in [0, 0.1) is 20.8 Å². The molecule has 1 N–H and O–H groups in total. The third kappa shape index (κ3) is 5.28. The lowest BCUT2D eigenvalue weighted by Gasteiger charge is -2.13. The first-order chi connectivity index (χ1) is 16.5. The van der Waals surface area contributed by atoms with Crippen molar-refractivity contribution in [3.8, 4) is 22.8 Å². The Labute approximate surface area is 203 Å². The summed E-state index contributed by atoms with van der Waals surface area (Å²) in [5, 5.41) is 12.5. The van der Waals surface area contributed by atoms with Crippen molar-refractivity contribution in [1.29, 1.82) is 0 Å². The number of rotatable bonds is 8. The van der Waals surface area contributed by atoms with Crippen molar-refractivity contribution < 1.29 is 9.53 Å². The van der Waals surface area contributed by atoms with Crippen molar-refractivity contribution in [3.05, 3.63) is 77.6 Å². The molecule has 0 aliphatic carbocycles. The van der Waals surface area contributed by atoms with Crippen molar-refractivity contribution in [2.75, 3.05) is 17.7 Å². The molecular weight excluding hydrogens is 446 g/mol. The highest BCUT2D eigenvalue weighted by atomic mass is 32.2. The Kier molecular flexibility index (Phi) is 7.27. The second-order valence-electron chi connectivity index (χ2n) is 7.92. The number of nitrogens with one attached hydrogen (secondary N) is 1. The predicted molar refractivity (Wildman–Crippen MR) is 136 cm³/mol. The van der Waals surface area contributed by atoms with E-state index in [1.807, 2.05) is 61.7 Å². The van der Waals surface area contributed by atoms with Crippen LogP contribution >= 0.6 is 11.8 Å². The molecule has 0 spiro atoms. The molecule has 34 heavy (non-hydrogen) atoms. The standard InChI is InChI=1S/C26H27N5O2S/c1-5-33-22-10-8-21(9-11-22)31-25(20-7-6-12-27-15-20)29-30-26(31)34-16-23(32)28-24-18(3)13-17(2)14-19(24)4/h6-15H,5,16H2,1-4H3,(H,28,32). The van der Waals surface area contributed by atoms with Crippen molar-refractivity contribution in [2.24, 2.45) is 0 Å². The Morgan fingerprint density at radius 3 is 2.44 bits per heavy atom. The van der Waals surface area contributed by atoms with Gasteiger partial charge in [0, 0.05) is 29.3 Å². The van der Waals surface area contributed by atoms with Gasteiger partial charge in [-0.05, 0) is 75.2 Å². The molecule has 0 unspecified atom stereocenters. The number of ether oxygens (including phenoxy) is 1. The van der Waals surface area contributed by atoms with Crippen LogP contribution < -0.4 is 10.1 Å². The van der Waals surface area contributed by atoms with E-state index in [4.69, 9.17) is 4.74 Å². The molecule has 2 heterocycles. The molecular formula is C26H27N5O2S. The Bertz CT molecular complexity index is 1260. The van der Waals surface area contributed by atoms with Gasteiger partial charge in [-0.25, -0.2) is 0 Å². The molecule has 0 radical (unpaired) electrons. The van der Waals surface area contributed by atoms with Gasteiger partial charge in [-0.15, -0.1) is 10.2 Å². The number of anilines is 1. The predicted octanol–water partition coefficient (Wildman–Crippen LogP) is 5.38. The first kappa shape index (κ1) is 23.5. The summed E-state index contributed by atoms with van der Waals surface area (Å²) in [4.78, 5) is 17.0. The van der Waals surface area contributed by atoms with Gasteiger partial charge in [0.2, 0.25) is 5.91 Å². The van der Waals surface area contributed by atoms with Crippen molar-refractivity contribution in [1.82, 2.24) is 19.7 Å². The number of carbonyl (C=O) groups is 1. The van der Waals surface area contributed by atoms with Crippen LogP contribution in [0.3, 0.4) is 0 Å². The number of hydrogen-bond acceptors (Lipinski definition) is 6. The van der Waals surface area contributed by atoms with Crippen LogP contribution in [0.25, 0.3) is 17.1 Å². The normalized spacial score (nSPS) is 10.8. The monoisotopic (exact) mass is 473 g/mol. The molecule has 0 bridgehead atoms. The number of aryl methyl sites for hydroxylation is 3. The fourth-order valence-electron chi connectivity index (χ4n) is 3.82. The van der Waals surface area contributed by atoms with Gasteiger partial charge in [-0.3, -0.25) is 14.3 Å². The number of aromatic nitrogens is 4. The molecule has 0 saturated carbocycles. The lowest BCUT2D eigenvalue weighted by atomic mass is 10.1. The van der Waals surface area contributed by atoms with Crippen molar-refractivity contribution >= 4 is 23.4 Å². The van der Waals surface area contributed by atoms with Crippen molar-refractivity contribution in [3.63, 3.8) is 0 Å². The summed E-state index contributed by atoms with van der Waals surface area (Å²) in [6.07, 6.45) is 3.47. The van der Waals surface area contributed by atoms with E-state index in [2.05, 4.69) is 39.6 Å². The highest BCUT2D eigenvalue weighted by Crippen LogP contribution is 2.29. The highest BCUT2D eigenvalue weighted by molar-refractivity contribution is 7.99. The smallest absolute Gasteiger partial charge is 0.234 e. The first-order valence-corrected chi connectivity index (χ1v) is 12.0. The number of hydrogen-bond donors (Lipinski definition) is 1. The zero-order valence-electron chi connectivity index (χ0n) is 19.7. The molecule has 4 rings (SSSR count). The molecule has 0 saturated heterocycles. The number of pyridine rings is 1. The van der Waals surface area contributed by atoms with E-state index in [9.17, 15) is 4.79 Å². The average Bonchev–Trinajstić information content (AvgIpc) is 3.25. The Morgan fingerprint density at radius 2 is 1.79 bits per heavy atom. The molecule has 0 atom stereocenters. The van der Waals surface area contributed by atoms with E-state index in [0.717, 1.165) is 33.8 Å². The van der Waals surface area contributed by atoms with Crippen LogP contribution in [0.5, 0.6) is 5.75 Å². The zero-order chi connectivity index (χ0) is 24.1.